The van der Waals surface area contributed by atoms with Gasteiger partial charge in [0.15, 0.2) is 0 Å². The van der Waals surface area contributed by atoms with E-state index in [1.807, 2.05) is 0 Å². The van der Waals surface area contributed by atoms with Gasteiger partial charge in [-0.25, -0.2) is 4.79 Å². The SMILES string of the molecule is O=C(O)c1cc(NS(=O)(=O)N2CCCCCC2)ccc1Br. The molecule has 0 radical (unpaired) electrons. The molecule has 8 heteroatoms. The van der Waals surface area contributed by atoms with Gasteiger partial charge in [0.05, 0.1) is 11.3 Å². The Morgan fingerprint density at radius 3 is 2.38 bits per heavy atom. The molecule has 0 saturated carbocycles. The van der Waals surface area contributed by atoms with Gasteiger partial charge in [0, 0.05) is 17.6 Å². The average molecular weight is 377 g/mol. The lowest BCUT2D eigenvalue weighted by atomic mass is 10.2. The minimum atomic E-state index is -3.64. The molecule has 1 saturated heterocycles. The Balaban J connectivity index is 2.20. The number of benzene rings is 1. The van der Waals surface area contributed by atoms with Gasteiger partial charge in [-0.1, -0.05) is 12.8 Å². The Kier molecular flexibility index (Phi) is 5.23. The smallest absolute Gasteiger partial charge is 0.336 e. The van der Waals surface area contributed by atoms with Crippen LogP contribution < -0.4 is 4.72 Å². The number of halogens is 1. The van der Waals surface area contributed by atoms with Crippen LogP contribution >= 0.6 is 15.9 Å². The number of anilines is 1. The Bertz CT molecular complexity index is 625. The lowest BCUT2D eigenvalue weighted by molar-refractivity contribution is 0.0696. The van der Waals surface area contributed by atoms with Crippen molar-refractivity contribution in [3.63, 3.8) is 0 Å². The van der Waals surface area contributed by atoms with Crippen LogP contribution in [0.3, 0.4) is 0 Å². The number of nitrogens with zero attached hydrogens (tertiary/aromatic N) is 1. The molecular formula is C13H17BrN2O4S. The molecule has 0 aliphatic carbocycles. The van der Waals surface area contributed by atoms with Gasteiger partial charge >= 0.3 is 16.2 Å². The van der Waals surface area contributed by atoms with E-state index in [4.69, 9.17) is 5.11 Å². The van der Waals surface area contributed by atoms with Gasteiger partial charge in [-0.15, -0.1) is 0 Å². The molecule has 1 heterocycles. The molecule has 1 aliphatic rings. The zero-order chi connectivity index (χ0) is 15.5. The van der Waals surface area contributed by atoms with Crippen LogP contribution in [-0.2, 0) is 10.2 Å². The maximum absolute atomic E-state index is 12.3. The summed E-state index contributed by atoms with van der Waals surface area (Å²) >= 11 is 3.13. The van der Waals surface area contributed by atoms with Crippen LogP contribution in [0.25, 0.3) is 0 Å². The number of rotatable bonds is 4. The zero-order valence-electron chi connectivity index (χ0n) is 11.4. The van der Waals surface area contributed by atoms with Crippen molar-refractivity contribution in [2.75, 3.05) is 17.8 Å². The molecule has 116 valence electrons. The first-order chi connectivity index (χ1) is 9.90. The van der Waals surface area contributed by atoms with E-state index < -0.39 is 16.2 Å². The number of hydrogen-bond donors (Lipinski definition) is 2. The highest BCUT2D eigenvalue weighted by Crippen LogP contribution is 2.23. The predicted octanol–water partition coefficient (Wildman–Crippen LogP) is 2.68. The molecule has 1 fully saturated rings. The summed E-state index contributed by atoms with van der Waals surface area (Å²) in [6.07, 6.45) is 3.77. The lowest BCUT2D eigenvalue weighted by Crippen LogP contribution is -2.36. The van der Waals surface area contributed by atoms with Crippen LogP contribution in [-0.4, -0.2) is 36.9 Å². The number of carboxylic acid groups (broad SMARTS) is 1. The molecule has 0 bridgehead atoms. The summed E-state index contributed by atoms with van der Waals surface area (Å²) in [5, 5.41) is 9.06. The summed E-state index contributed by atoms with van der Waals surface area (Å²) < 4.78 is 28.9. The topological polar surface area (TPSA) is 86.7 Å². The molecule has 0 amide bonds. The highest BCUT2D eigenvalue weighted by atomic mass is 79.9. The van der Waals surface area contributed by atoms with Gasteiger partial charge in [-0.05, 0) is 47.0 Å². The van der Waals surface area contributed by atoms with Gasteiger partial charge in [0.1, 0.15) is 0 Å². The van der Waals surface area contributed by atoms with E-state index >= 15 is 0 Å². The number of hydrogen-bond acceptors (Lipinski definition) is 3. The van der Waals surface area contributed by atoms with Crippen LogP contribution in [0.4, 0.5) is 5.69 Å². The second-order valence-corrected chi connectivity index (χ2v) is 7.45. The summed E-state index contributed by atoms with van der Waals surface area (Å²) in [5.41, 5.74) is 0.269. The fraction of sp³-hybridized carbons (Fsp3) is 0.462. The van der Waals surface area contributed by atoms with E-state index in [-0.39, 0.29) is 11.3 Å². The first-order valence-corrected chi connectivity index (χ1v) is 8.94. The van der Waals surface area contributed by atoms with Crippen molar-refractivity contribution >= 4 is 37.8 Å². The molecule has 0 spiro atoms. The fourth-order valence-electron chi connectivity index (χ4n) is 2.25. The second kappa shape index (κ2) is 6.76. The molecule has 2 N–H and O–H groups in total. The minimum Gasteiger partial charge on any atom is -0.478 e. The van der Waals surface area contributed by atoms with Crippen molar-refractivity contribution in [1.82, 2.24) is 4.31 Å². The van der Waals surface area contributed by atoms with Crippen molar-refractivity contribution in [2.24, 2.45) is 0 Å². The molecule has 0 unspecified atom stereocenters. The molecule has 1 aromatic carbocycles. The number of carboxylic acids is 1. The summed E-state index contributed by atoms with van der Waals surface area (Å²) in [7, 11) is -3.64. The quantitative estimate of drug-likeness (QED) is 0.845. The number of aromatic carboxylic acids is 1. The van der Waals surface area contributed by atoms with Crippen molar-refractivity contribution in [3.8, 4) is 0 Å². The Labute approximate surface area is 132 Å². The third kappa shape index (κ3) is 4.18. The normalized spacial score (nSPS) is 17.2. The molecular weight excluding hydrogens is 360 g/mol. The molecule has 0 aromatic heterocycles. The maximum Gasteiger partial charge on any atom is 0.336 e. The first-order valence-electron chi connectivity index (χ1n) is 6.71. The van der Waals surface area contributed by atoms with E-state index in [9.17, 15) is 13.2 Å². The standard InChI is InChI=1S/C13H17BrN2O4S/c14-12-6-5-10(9-11(12)13(17)18)15-21(19,20)16-7-3-1-2-4-8-16/h5-6,9,15H,1-4,7-8H2,(H,17,18). The monoisotopic (exact) mass is 376 g/mol. The highest BCUT2D eigenvalue weighted by molar-refractivity contribution is 9.10. The average Bonchev–Trinajstić information content (AvgIpc) is 2.70. The predicted molar refractivity (Wildman–Crippen MR) is 83.7 cm³/mol. The fourth-order valence-corrected chi connectivity index (χ4v) is 3.96. The Morgan fingerprint density at radius 2 is 1.81 bits per heavy atom. The third-order valence-electron chi connectivity index (χ3n) is 3.35. The molecule has 2 rings (SSSR count). The van der Waals surface area contributed by atoms with E-state index in [1.54, 1.807) is 0 Å². The van der Waals surface area contributed by atoms with Crippen molar-refractivity contribution in [1.29, 1.82) is 0 Å². The summed E-state index contributed by atoms with van der Waals surface area (Å²) in [6.45, 7) is 0.995. The van der Waals surface area contributed by atoms with Crippen LogP contribution in [0, 0.1) is 0 Å². The second-order valence-electron chi connectivity index (χ2n) is 4.92. The first kappa shape index (κ1) is 16.3. The van der Waals surface area contributed by atoms with E-state index in [1.165, 1.54) is 22.5 Å². The summed E-state index contributed by atoms with van der Waals surface area (Å²) in [4.78, 5) is 11.1. The molecule has 0 atom stereocenters. The minimum absolute atomic E-state index is 0.0195. The zero-order valence-corrected chi connectivity index (χ0v) is 13.8. The summed E-state index contributed by atoms with van der Waals surface area (Å²) in [5.74, 6) is -1.11. The van der Waals surface area contributed by atoms with Gasteiger partial charge in [-0.3, -0.25) is 4.72 Å². The molecule has 1 aliphatic heterocycles. The van der Waals surface area contributed by atoms with Crippen LogP contribution in [0.15, 0.2) is 22.7 Å². The van der Waals surface area contributed by atoms with Gasteiger partial charge in [-0.2, -0.15) is 12.7 Å². The largest absolute Gasteiger partial charge is 0.478 e. The Hall–Kier alpha value is -1.12. The van der Waals surface area contributed by atoms with Crippen LogP contribution in [0.2, 0.25) is 0 Å². The van der Waals surface area contributed by atoms with Gasteiger partial charge < -0.3 is 5.11 Å². The van der Waals surface area contributed by atoms with Gasteiger partial charge in [0.25, 0.3) is 0 Å². The van der Waals surface area contributed by atoms with Crippen molar-refractivity contribution < 1.29 is 18.3 Å². The molecule has 21 heavy (non-hydrogen) atoms. The van der Waals surface area contributed by atoms with E-state index in [0.29, 0.717) is 17.6 Å². The van der Waals surface area contributed by atoms with E-state index in [0.717, 1.165) is 25.7 Å². The molecule has 6 nitrogen and oxygen atoms in total. The number of nitrogens with one attached hydrogen (secondary N) is 1. The van der Waals surface area contributed by atoms with Crippen molar-refractivity contribution in [2.45, 2.75) is 25.7 Å². The van der Waals surface area contributed by atoms with Crippen molar-refractivity contribution in [3.05, 3.63) is 28.2 Å². The summed E-state index contributed by atoms with van der Waals surface area (Å²) in [6, 6.07) is 4.36. The van der Waals surface area contributed by atoms with Crippen LogP contribution in [0.1, 0.15) is 36.0 Å². The van der Waals surface area contributed by atoms with E-state index in [2.05, 4.69) is 20.7 Å². The number of carbonyl (C=O) groups is 1. The maximum atomic E-state index is 12.3. The third-order valence-corrected chi connectivity index (χ3v) is 5.58. The van der Waals surface area contributed by atoms with Crippen LogP contribution in [0.5, 0.6) is 0 Å². The lowest BCUT2D eigenvalue weighted by Gasteiger charge is -2.21. The Morgan fingerprint density at radius 1 is 1.19 bits per heavy atom. The highest BCUT2D eigenvalue weighted by Gasteiger charge is 2.23. The molecule has 1 aromatic rings. The van der Waals surface area contributed by atoms with Gasteiger partial charge in [0.2, 0.25) is 0 Å².